The third-order valence-electron chi connectivity index (χ3n) is 2.39. The third kappa shape index (κ3) is 3.21. The highest BCUT2D eigenvalue weighted by atomic mass is 35.5. The van der Waals surface area contributed by atoms with Gasteiger partial charge in [0.15, 0.2) is 0 Å². The number of rotatable bonds is 3. The molecule has 1 amide bonds. The highest BCUT2D eigenvalue weighted by Gasteiger charge is 2.05. The number of carbonyl (C=O) groups excluding carboxylic acids is 1. The maximum atomic E-state index is 11.8. The number of benzene rings is 1. The van der Waals surface area contributed by atoms with Gasteiger partial charge < -0.3 is 11.1 Å². The molecule has 2 rings (SSSR count). The van der Waals surface area contributed by atoms with E-state index in [-0.39, 0.29) is 5.91 Å². The summed E-state index contributed by atoms with van der Waals surface area (Å²) in [5.41, 5.74) is 6.95. The lowest BCUT2D eigenvalue weighted by Crippen LogP contribution is -2.22. The Balaban J connectivity index is 2.00. The van der Waals surface area contributed by atoms with Gasteiger partial charge >= 0.3 is 0 Å². The Morgan fingerprint density at radius 3 is 2.89 bits per heavy atom. The molecule has 1 aromatic carbocycles. The number of pyridine rings is 1. The largest absolute Gasteiger partial charge is 0.384 e. The second kappa shape index (κ2) is 5.51. The van der Waals surface area contributed by atoms with Crippen molar-refractivity contribution in [3.8, 4) is 0 Å². The molecule has 3 N–H and O–H groups in total. The third-order valence-corrected chi connectivity index (χ3v) is 2.62. The molecule has 0 atom stereocenters. The van der Waals surface area contributed by atoms with E-state index in [1.807, 2.05) is 18.2 Å². The topological polar surface area (TPSA) is 68.0 Å². The van der Waals surface area contributed by atoms with Crippen LogP contribution in [0.3, 0.4) is 0 Å². The minimum Gasteiger partial charge on any atom is -0.384 e. The van der Waals surface area contributed by atoms with Crippen LogP contribution in [0.25, 0.3) is 0 Å². The molecule has 0 saturated heterocycles. The van der Waals surface area contributed by atoms with Crippen LogP contribution < -0.4 is 11.1 Å². The number of carbonyl (C=O) groups is 1. The molecule has 4 nitrogen and oxygen atoms in total. The maximum Gasteiger partial charge on any atom is 0.251 e. The van der Waals surface area contributed by atoms with Gasteiger partial charge in [0, 0.05) is 23.3 Å². The van der Waals surface area contributed by atoms with Gasteiger partial charge in [0.05, 0.1) is 0 Å². The zero-order valence-electron chi connectivity index (χ0n) is 9.56. The number of nitrogens with two attached hydrogens (primary N) is 1. The van der Waals surface area contributed by atoms with Crippen LogP contribution in [0.5, 0.6) is 0 Å². The van der Waals surface area contributed by atoms with E-state index in [2.05, 4.69) is 10.3 Å². The number of hydrogen-bond donors (Lipinski definition) is 2. The molecule has 0 saturated carbocycles. The van der Waals surface area contributed by atoms with Crippen molar-refractivity contribution >= 4 is 23.3 Å². The lowest BCUT2D eigenvalue weighted by molar-refractivity contribution is 0.0951. The van der Waals surface area contributed by atoms with E-state index < -0.39 is 0 Å². The Morgan fingerprint density at radius 2 is 2.17 bits per heavy atom. The van der Waals surface area contributed by atoms with Gasteiger partial charge in [-0.3, -0.25) is 4.79 Å². The molecule has 2 aromatic rings. The van der Waals surface area contributed by atoms with E-state index in [1.54, 1.807) is 12.1 Å². The Labute approximate surface area is 110 Å². The first kappa shape index (κ1) is 12.4. The lowest BCUT2D eigenvalue weighted by Gasteiger charge is -2.06. The molecule has 92 valence electrons. The van der Waals surface area contributed by atoms with E-state index in [0.29, 0.717) is 22.9 Å². The lowest BCUT2D eigenvalue weighted by atomic mass is 10.2. The summed E-state index contributed by atoms with van der Waals surface area (Å²) in [5, 5.41) is 3.44. The Morgan fingerprint density at radius 1 is 1.33 bits per heavy atom. The number of anilines is 1. The summed E-state index contributed by atoms with van der Waals surface area (Å²) in [6.07, 6.45) is 1.50. The van der Waals surface area contributed by atoms with Crippen LogP contribution in [0.2, 0.25) is 5.02 Å². The van der Waals surface area contributed by atoms with E-state index in [9.17, 15) is 4.79 Å². The second-order valence-corrected chi connectivity index (χ2v) is 4.22. The monoisotopic (exact) mass is 261 g/mol. The first-order valence-electron chi connectivity index (χ1n) is 5.39. The number of hydrogen-bond acceptors (Lipinski definition) is 3. The fraction of sp³-hybridized carbons (Fsp3) is 0.0769. The molecular formula is C13H12ClN3O. The smallest absolute Gasteiger partial charge is 0.251 e. The minimum atomic E-state index is -0.191. The van der Waals surface area contributed by atoms with Crippen molar-refractivity contribution in [2.75, 3.05) is 5.73 Å². The average molecular weight is 262 g/mol. The summed E-state index contributed by atoms with van der Waals surface area (Å²) in [6.45, 7) is 0.418. The molecule has 0 aliphatic heterocycles. The van der Waals surface area contributed by atoms with Crippen LogP contribution in [-0.4, -0.2) is 10.9 Å². The van der Waals surface area contributed by atoms with E-state index >= 15 is 0 Å². The van der Waals surface area contributed by atoms with Gasteiger partial charge in [0.2, 0.25) is 0 Å². The molecule has 0 aliphatic carbocycles. The van der Waals surface area contributed by atoms with Gasteiger partial charge in [-0.1, -0.05) is 23.7 Å². The summed E-state index contributed by atoms with van der Waals surface area (Å²) in [6, 6.07) is 10.5. The number of nitrogens with zero attached hydrogens (tertiary/aromatic N) is 1. The van der Waals surface area contributed by atoms with Crippen LogP contribution in [-0.2, 0) is 6.54 Å². The van der Waals surface area contributed by atoms with Crippen molar-refractivity contribution < 1.29 is 4.79 Å². The minimum absolute atomic E-state index is 0.191. The van der Waals surface area contributed by atoms with Gasteiger partial charge in [0.25, 0.3) is 5.91 Å². The van der Waals surface area contributed by atoms with Crippen molar-refractivity contribution in [3.63, 3.8) is 0 Å². The van der Waals surface area contributed by atoms with Gasteiger partial charge in [-0.2, -0.15) is 0 Å². The number of amides is 1. The van der Waals surface area contributed by atoms with Crippen LogP contribution in [0, 0.1) is 0 Å². The Hall–Kier alpha value is -2.07. The molecule has 0 aliphatic rings. The van der Waals surface area contributed by atoms with Gasteiger partial charge in [0.1, 0.15) is 5.82 Å². The molecule has 1 aromatic heterocycles. The summed E-state index contributed by atoms with van der Waals surface area (Å²) >= 11 is 5.86. The fourth-order valence-corrected chi connectivity index (χ4v) is 1.73. The predicted molar refractivity (Wildman–Crippen MR) is 71.3 cm³/mol. The van der Waals surface area contributed by atoms with E-state index in [4.69, 9.17) is 17.3 Å². The summed E-state index contributed by atoms with van der Waals surface area (Å²) in [7, 11) is 0. The molecular weight excluding hydrogens is 250 g/mol. The van der Waals surface area contributed by atoms with Gasteiger partial charge in [-0.25, -0.2) is 4.98 Å². The SMILES string of the molecule is Nc1cc(C(=O)NCc2cccc(Cl)c2)ccn1. The van der Waals surface area contributed by atoms with Crippen LogP contribution >= 0.6 is 11.6 Å². The number of halogens is 1. The second-order valence-electron chi connectivity index (χ2n) is 3.78. The normalized spacial score (nSPS) is 10.1. The van der Waals surface area contributed by atoms with Crippen molar-refractivity contribution in [2.45, 2.75) is 6.54 Å². The number of nitrogen functional groups attached to an aromatic ring is 1. The molecule has 0 bridgehead atoms. The molecule has 0 fully saturated rings. The highest BCUT2D eigenvalue weighted by Crippen LogP contribution is 2.10. The number of aromatic nitrogens is 1. The van der Waals surface area contributed by atoms with E-state index in [1.165, 1.54) is 12.3 Å². The summed E-state index contributed by atoms with van der Waals surface area (Å²) in [5.74, 6) is 0.134. The number of nitrogens with one attached hydrogen (secondary N) is 1. The first-order valence-corrected chi connectivity index (χ1v) is 5.77. The quantitative estimate of drug-likeness (QED) is 0.890. The maximum absolute atomic E-state index is 11.8. The molecule has 0 radical (unpaired) electrons. The van der Waals surface area contributed by atoms with Gasteiger partial charge in [-0.15, -0.1) is 0 Å². The molecule has 5 heteroatoms. The summed E-state index contributed by atoms with van der Waals surface area (Å²) in [4.78, 5) is 15.7. The van der Waals surface area contributed by atoms with Crippen LogP contribution in [0.4, 0.5) is 5.82 Å². The van der Waals surface area contributed by atoms with Crippen LogP contribution in [0.1, 0.15) is 15.9 Å². The molecule has 1 heterocycles. The fourth-order valence-electron chi connectivity index (χ4n) is 1.52. The average Bonchev–Trinajstić information content (AvgIpc) is 2.36. The zero-order valence-corrected chi connectivity index (χ0v) is 10.3. The molecule has 0 spiro atoms. The summed E-state index contributed by atoms with van der Waals surface area (Å²) < 4.78 is 0. The molecule has 18 heavy (non-hydrogen) atoms. The van der Waals surface area contributed by atoms with Crippen molar-refractivity contribution in [2.24, 2.45) is 0 Å². The Bertz CT molecular complexity index is 572. The van der Waals surface area contributed by atoms with Crippen LogP contribution in [0.15, 0.2) is 42.6 Å². The first-order chi connectivity index (χ1) is 8.65. The van der Waals surface area contributed by atoms with Crippen molar-refractivity contribution in [1.29, 1.82) is 0 Å². The Kier molecular flexibility index (Phi) is 3.79. The van der Waals surface area contributed by atoms with Crippen molar-refractivity contribution in [1.82, 2.24) is 10.3 Å². The van der Waals surface area contributed by atoms with Gasteiger partial charge in [-0.05, 0) is 29.8 Å². The molecule has 0 unspecified atom stereocenters. The highest BCUT2D eigenvalue weighted by molar-refractivity contribution is 6.30. The standard InChI is InChI=1S/C13H12ClN3O/c14-11-3-1-2-9(6-11)8-17-13(18)10-4-5-16-12(15)7-10/h1-7H,8H2,(H2,15,16)(H,17,18). The van der Waals surface area contributed by atoms with E-state index in [0.717, 1.165) is 5.56 Å². The predicted octanol–water partition coefficient (Wildman–Crippen LogP) is 2.25. The zero-order chi connectivity index (χ0) is 13.0. The van der Waals surface area contributed by atoms with Crippen molar-refractivity contribution in [3.05, 3.63) is 58.7 Å².